The van der Waals surface area contributed by atoms with Crippen LogP contribution in [0.4, 0.5) is 0 Å². The number of hydrogen-bond acceptors (Lipinski definition) is 3. The van der Waals surface area contributed by atoms with Crippen molar-refractivity contribution in [1.29, 1.82) is 0 Å². The highest BCUT2D eigenvalue weighted by molar-refractivity contribution is 6.80. The molecule has 1 atom stereocenters. The van der Waals surface area contributed by atoms with Crippen LogP contribution in [-0.4, -0.2) is 39.8 Å². The van der Waals surface area contributed by atoms with Gasteiger partial charge in [-0.3, -0.25) is 4.79 Å². The quantitative estimate of drug-likeness (QED) is 0.204. The normalized spacial score (nSPS) is 15.7. The molecule has 0 aliphatic heterocycles. The van der Waals surface area contributed by atoms with Gasteiger partial charge in [0.2, 0.25) is 5.91 Å². The lowest BCUT2D eigenvalue weighted by Crippen LogP contribution is -2.71. The number of carbonyl (C=O) groups excluding carboxylic acids is 1. The average molecular weight is 443 g/mol. The van der Waals surface area contributed by atoms with Gasteiger partial charge in [0, 0.05) is 12.1 Å². The maximum absolute atomic E-state index is 11.4. The van der Waals surface area contributed by atoms with Crippen molar-refractivity contribution >= 4 is 22.5 Å². The molecule has 0 aromatic rings. The summed E-state index contributed by atoms with van der Waals surface area (Å²) in [5.74, 6) is -0.0899. The Kier molecular flexibility index (Phi) is 10.6. The molecule has 0 aromatic heterocycles. The van der Waals surface area contributed by atoms with E-state index in [-0.39, 0.29) is 21.7 Å². The Labute approximate surface area is 183 Å². The Morgan fingerprint density at radius 2 is 1.52 bits per heavy atom. The molecule has 0 saturated heterocycles. The van der Waals surface area contributed by atoms with E-state index in [1.54, 1.807) is 0 Å². The van der Waals surface area contributed by atoms with Gasteiger partial charge in [-0.2, -0.15) is 0 Å². The van der Waals surface area contributed by atoms with Gasteiger partial charge in [0.25, 0.3) is 0 Å². The first-order valence-electron chi connectivity index (χ1n) is 11.4. The van der Waals surface area contributed by atoms with E-state index in [0.717, 1.165) is 32.1 Å². The van der Waals surface area contributed by atoms with Gasteiger partial charge >= 0.3 is 0 Å². The number of amides is 1. The summed E-state index contributed by atoms with van der Waals surface area (Å²) >= 11 is 0. The second-order valence-electron chi connectivity index (χ2n) is 10.8. The molecule has 0 aromatic carbocycles. The summed E-state index contributed by atoms with van der Waals surface area (Å²) in [6, 6.07) is 0. The van der Waals surface area contributed by atoms with Crippen molar-refractivity contribution in [3.63, 3.8) is 0 Å². The largest absolute Gasteiger partial charge is 0.412 e. The molecule has 0 bridgehead atoms. The first-order valence-corrected chi connectivity index (χ1v) is 17.4. The smallest absolute Gasteiger partial charge is 0.243 e. The third-order valence-electron chi connectivity index (χ3n) is 7.04. The lowest BCUT2D eigenvalue weighted by molar-refractivity contribution is -0.116. The number of rotatable bonds is 13. The number of nitrogens with one attached hydrogen (secondary N) is 2. The molecule has 0 spiro atoms. The van der Waals surface area contributed by atoms with E-state index >= 15 is 0 Å². The Balaban J connectivity index is 5.62. The molecule has 0 rings (SSSR count). The van der Waals surface area contributed by atoms with Crippen LogP contribution in [0.1, 0.15) is 80.6 Å². The standard InChI is InChI=1S/C23H50N2O2Si2/c1-13-20(26)24-19-17-18-22(8,14-2)29(11,12)27-23(15-3,16-4)28(9,10)25-21(5,6)7/h13,25H,1,14-19H2,2-12H3,(H,24,26). The summed E-state index contributed by atoms with van der Waals surface area (Å²) in [6.07, 6.45) is 6.55. The van der Waals surface area contributed by atoms with Gasteiger partial charge in [-0.05, 0) is 70.7 Å². The third kappa shape index (κ3) is 7.64. The minimum Gasteiger partial charge on any atom is -0.412 e. The fraction of sp³-hybridized carbons (Fsp3) is 0.870. The van der Waals surface area contributed by atoms with Crippen LogP contribution in [0.15, 0.2) is 12.7 Å². The first-order chi connectivity index (χ1) is 13.1. The predicted molar refractivity (Wildman–Crippen MR) is 133 cm³/mol. The molecule has 0 aliphatic carbocycles. The van der Waals surface area contributed by atoms with Crippen molar-refractivity contribution in [3.8, 4) is 0 Å². The number of hydrogen-bond donors (Lipinski definition) is 2. The van der Waals surface area contributed by atoms with Crippen LogP contribution >= 0.6 is 0 Å². The SMILES string of the molecule is C=CC(=O)NCCCC(C)(CC)[Si](C)(C)OC(CC)(CC)[Si](C)(C)NC(C)(C)C. The fourth-order valence-corrected chi connectivity index (χ4v) is 13.5. The van der Waals surface area contributed by atoms with Gasteiger partial charge in [-0.1, -0.05) is 53.8 Å². The second-order valence-corrected chi connectivity index (χ2v) is 19.7. The Morgan fingerprint density at radius 1 is 1.00 bits per heavy atom. The highest BCUT2D eigenvalue weighted by Gasteiger charge is 2.54. The summed E-state index contributed by atoms with van der Waals surface area (Å²) in [4.78, 5) is 15.4. The molecule has 172 valence electrons. The van der Waals surface area contributed by atoms with Crippen molar-refractivity contribution < 1.29 is 9.22 Å². The molecule has 1 amide bonds. The molecule has 4 nitrogen and oxygen atoms in total. The van der Waals surface area contributed by atoms with Gasteiger partial charge < -0.3 is 14.7 Å². The van der Waals surface area contributed by atoms with Gasteiger partial charge in [0.15, 0.2) is 16.6 Å². The van der Waals surface area contributed by atoms with Crippen LogP contribution in [0, 0.1) is 0 Å². The molecular formula is C23H50N2O2Si2. The molecule has 2 N–H and O–H groups in total. The fourth-order valence-electron chi connectivity index (χ4n) is 4.73. The topological polar surface area (TPSA) is 50.4 Å². The molecule has 0 radical (unpaired) electrons. The minimum atomic E-state index is -2.04. The first kappa shape index (κ1) is 28.6. The zero-order valence-corrected chi connectivity index (χ0v) is 23.3. The average Bonchev–Trinajstić information content (AvgIpc) is 2.60. The van der Waals surface area contributed by atoms with Gasteiger partial charge in [-0.25, -0.2) is 0 Å². The summed E-state index contributed by atoms with van der Waals surface area (Å²) in [6.45, 7) is 29.9. The van der Waals surface area contributed by atoms with Crippen molar-refractivity contribution in [2.24, 2.45) is 0 Å². The maximum atomic E-state index is 11.4. The van der Waals surface area contributed by atoms with Crippen LogP contribution < -0.4 is 10.3 Å². The zero-order chi connectivity index (χ0) is 23.1. The molecule has 0 aliphatic rings. The van der Waals surface area contributed by atoms with Crippen molar-refractivity contribution in [1.82, 2.24) is 10.3 Å². The molecule has 0 fully saturated rings. The second kappa shape index (κ2) is 10.7. The van der Waals surface area contributed by atoms with Gasteiger partial charge in [-0.15, -0.1) is 0 Å². The van der Waals surface area contributed by atoms with E-state index in [4.69, 9.17) is 4.43 Å². The summed E-state index contributed by atoms with van der Waals surface area (Å²) in [5.41, 5.74) is 0.0811. The van der Waals surface area contributed by atoms with Crippen molar-refractivity contribution in [2.45, 2.75) is 123 Å². The third-order valence-corrected chi connectivity index (χ3v) is 16.1. The van der Waals surface area contributed by atoms with Crippen molar-refractivity contribution in [3.05, 3.63) is 12.7 Å². The van der Waals surface area contributed by atoms with Crippen LogP contribution in [-0.2, 0) is 9.22 Å². The van der Waals surface area contributed by atoms with Crippen LogP contribution in [0.2, 0.25) is 31.2 Å². The summed E-state index contributed by atoms with van der Waals surface area (Å²) in [7, 11) is -3.93. The van der Waals surface area contributed by atoms with Crippen LogP contribution in [0.5, 0.6) is 0 Å². The zero-order valence-electron chi connectivity index (χ0n) is 21.3. The Morgan fingerprint density at radius 3 is 1.90 bits per heavy atom. The minimum absolute atomic E-state index is 0.0799. The molecule has 29 heavy (non-hydrogen) atoms. The Hall–Kier alpha value is -0.436. The van der Waals surface area contributed by atoms with E-state index in [1.807, 2.05) is 0 Å². The lowest BCUT2D eigenvalue weighted by Gasteiger charge is -2.54. The van der Waals surface area contributed by atoms with E-state index < -0.39 is 16.6 Å². The monoisotopic (exact) mass is 442 g/mol. The van der Waals surface area contributed by atoms with Gasteiger partial charge in [0.05, 0.1) is 5.22 Å². The van der Waals surface area contributed by atoms with Crippen LogP contribution in [0.25, 0.3) is 0 Å². The summed E-state index contributed by atoms with van der Waals surface area (Å²) < 4.78 is 7.32. The molecule has 6 heteroatoms. The highest BCUT2D eigenvalue weighted by Crippen LogP contribution is 2.49. The van der Waals surface area contributed by atoms with E-state index in [9.17, 15) is 4.79 Å². The molecule has 0 saturated carbocycles. The number of carbonyl (C=O) groups is 1. The van der Waals surface area contributed by atoms with Crippen molar-refractivity contribution in [2.75, 3.05) is 6.54 Å². The van der Waals surface area contributed by atoms with Crippen LogP contribution in [0.3, 0.4) is 0 Å². The predicted octanol–water partition coefficient (Wildman–Crippen LogP) is 6.15. The Bertz CT molecular complexity index is 537. The lowest BCUT2D eigenvalue weighted by atomic mass is 10.0. The van der Waals surface area contributed by atoms with Gasteiger partial charge in [0.1, 0.15) is 0 Å². The van der Waals surface area contributed by atoms with E-state index in [1.165, 1.54) is 6.08 Å². The molecular weight excluding hydrogens is 392 g/mol. The highest BCUT2D eigenvalue weighted by atomic mass is 28.4. The molecule has 1 unspecified atom stereocenters. The maximum Gasteiger partial charge on any atom is 0.243 e. The molecule has 0 heterocycles. The van der Waals surface area contributed by atoms with E-state index in [0.29, 0.717) is 6.54 Å². The van der Waals surface area contributed by atoms with E-state index in [2.05, 4.69) is 91.5 Å². The summed E-state index contributed by atoms with van der Waals surface area (Å²) in [5, 5.41) is 3.00.